The Balaban J connectivity index is 1.71. The highest BCUT2D eigenvalue weighted by Crippen LogP contribution is 2.28. The Morgan fingerprint density at radius 3 is 2.64 bits per heavy atom. The number of para-hydroxylation sites is 1. The lowest BCUT2D eigenvalue weighted by Crippen LogP contribution is -2.49. The van der Waals surface area contributed by atoms with Gasteiger partial charge in [0.25, 0.3) is 5.91 Å². The van der Waals surface area contributed by atoms with E-state index >= 15 is 0 Å². The van der Waals surface area contributed by atoms with Crippen LogP contribution in [0.3, 0.4) is 0 Å². The highest BCUT2D eigenvalue weighted by atomic mass is 35.5. The number of carbonyl (C=O) groups is 2. The zero-order valence-electron chi connectivity index (χ0n) is 15.8. The second kappa shape index (κ2) is 8.80. The Labute approximate surface area is 175 Å². The lowest BCUT2D eigenvalue weighted by molar-refractivity contribution is -0.126. The minimum absolute atomic E-state index is 0.0270. The third kappa shape index (κ3) is 4.57. The van der Waals surface area contributed by atoms with Crippen molar-refractivity contribution < 1.29 is 9.59 Å². The molecule has 146 valence electrons. The van der Waals surface area contributed by atoms with E-state index in [4.69, 9.17) is 23.2 Å². The fraction of sp³-hybridized carbons (Fsp3) is 0.273. The van der Waals surface area contributed by atoms with Gasteiger partial charge in [-0.15, -0.1) is 0 Å². The molecule has 0 bridgehead atoms. The van der Waals surface area contributed by atoms with Crippen LogP contribution in [0.1, 0.15) is 31.4 Å². The zero-order valence-corrected chi connectivity index (χ0v) is 17.3. The molecule has 0 radical (unpaired) electrons. The summed E-state index contributed by atoms with van der Waals surface area (Å²) in [6.45, 7) is 3.92. The quantitative estimate of drug-likeness (QED) is 0.754. The van der Waals surface area contributed by atoms with Crippen molar-refractivity contribution in [1.29, 1.82) is 0 Å². The number of amides is 2. The maximum atomic E-state index is 13.1. The molecular weight excluding hydrogens is 395 g/mol. The van der Waals surface area contributed by atoms with E-state index in [1.165, 1.54) is 0 Å². The number of fused-ring (bicyclic) bond motifs is 1. The van der Waals surface area contributed by atoms with Crippen LogP contribution in [0.4, 0.5) is 5.69 Å². The molecule has 4 nitrogen and oxygen atoms in total. The van der Waals surface area contributed by atoms with Gasteiger partial charge in [-0.3, -0.25) is 9.59 Å². The normalized spacial score (nSPS) is 16.1. The predicted molar refractivity (Wildman–Crippen MR) is 115 cm³/mol. The zero-order chi connectivity index (χ0) is 20.3. The Kier molecular flexibility index (Phi) is 6.42. The average molecular weight is 417 g/mol. The van der Waals surface area contributed by atoms with E-state index in [2.05, 4.69) is 5.32 Å². The smallest absolute Gasteiger partial charge is 0.253 e. The van der Waals surface area contributed by atoms with E-state index in [9.17, 15) is 9.59 Å². The molecule has 1 aliphatic heterocycles. The molecule has 0 saturated carbocycles. The molecule has 3 rings (SSSR count). The Bertz CT molecular complexity index is 925. The molecule has 0 saturated heterocycles. The SMILES string of the molecule is CC(C)N1C(=O)C(NC(=O)CCc2ccc(Cl)cc2Cl)C=Cc2ccccc21. The van der Waals surface area contributed by atoms with Crippen LogP contribution in [0.5, 0.6) is 0 Å². The maximum absolute atomic E-state index is 13.1. The summed E-state index contributed by atoms with van der Waals surface area (Å²) in [4.78, 5) is 27.3. The van der Waals surface area contributed by atoms with Gasteiger partial charge in [-0.25, -0.2) is 0 Å². The van der Waals surface area contributed by atoms with Crippen molar-refractivity contribution >= 4 is 46.8 Å². The summed E-state index contributed by atoms with van der Waals surface area (Å²) < 4.78 is 0. The van der Waals surface area contributed by atoms with E-state index < -0.39 is 6.04 Å². The number of nitrogens with one attached hydrogen (secondary N) is 1. The Morgan fingerprint density at radius 1 is 1.18 bits per heavy atom. The summed E-state index contributed by atoms with van der Waals surface area (Å²) in [7, 11) is 0. The van der Waals surface area contributed by atoms with E-state index in [1.54, 1.807) is 23.1 Å². The lowest BCUT2D eigenvalue weighted by Gasteiger charge is -2.29. The third-order valence-electron chi connectivity index (χ3n) is 4.64. The molecule has 2 aromatic rings. The van der Waals surface area contributed by atoms with Gasteiger partial charge in [-0.2, -0.15) is 0 Å². The van der Waals surface area contributed by atoms with Gasteiger partial charge in [0.2, 0.25) is 5.91 Å². The van der Waals surface area contributed by atoms with Gasteiger partial charge in [-0.1, -0.05) is 59.6 Å². The molecule has 2 aromatic carbocycles. The Hall–Kier alpha value is -2.30. The molecule has 1 N–H and O–H groups in total. The first-order chi connectivity index (χ1) is 13.4. The van der Waals surface area contributed by atoms with Crippen LogP contribution in [0.25, 0.3) is 6.08 Å². The van der Waals surface area contributed by atoms with Crippen molar-refractivity contribution in [3.63, 3.8) is 0 Å². The van der Waals surface area contributed by atoms with Gasteiger partial charge in [-0.05, 0) is 49.6 Å². The van der Waals surface area contributed by atoms with Crippen LogP contribution < -0.4 is 10.2 Å². The first kappa shape index (κ1) is 20.4. The Morgan fingerprint density at radius 2 is 1.93 bits per heavy atom. The molecule has 0 spiro atoms. The van der Waals surface area contributed by atoms with Crippen LogP contribution in [0.2, 0.25) is 10.0 Å². The molecule has 1 unspecified atom stereocenters. The van der Waals surface area contributed by atoms with Gasteiger partial charge < -0.3 is 10.2 Å². The molecular formula is C22H22Cl2N2O2. The third-order valence-corrected chi connectivity index (χ3v) is 5.22. The number of halogens is 2. The van der Waals surface area contributed by atoms with E-state index in [0.29, 0.717) is 16.5 Å². The summed E-state index contributed by atoms with van der Waals surface area (Å²) >= 11 is 12.1. The monoisotopic (exact) mass is 416 g/mol. The number of anilines is 1. The van der Waals surface area contributed by atoms with Crippen LogP contribution in [0, 0.1) is 0 Å². The lowest BCUT2D eigenvalue weighted by atomic mass is 10.1. The first-order valence-corrected chi connectivity index (χ1v) is 9.96. The minimum Gasteiger partial charge on any atom is -0.341 e. The van der Waals surface area contributed by atoms with Gasteiger partial charge in [0.05, 0.1) is 5.69 Å². The first-order valence-electron chi connectivity index (χ1n) is 9.20. The minimum atomic E-state index is -0.706. The molecule has 0 aromatic heterocycles. The van der Waals surface area contributed by atoms with Crippen molar-refractivity contribution in [1.82, 2.24) is 5.32 Å². The van der Waals surface area contributed by atoms with Gasteiger partial charge in [0, 0.05) is 22.5 Å². The van der Waals surface area contributed by atoms with Crippen LogP contribution >= 0.6 is 23.2 Å². The van der Waals surface area contributed by atoms with Gasteiger partial charge >= 0.3 is 0 Å². The number of aryl methyl sites for hydroxylation is 1. The average Bonchev–Trinajstić information content (AvgIpc) is 2.78. The number of benzene rings is 2. The van der Waals surface area contributed by atoms with Gasteiger partial charge in [0.1, 0.15) is 6.04 Å². The van der Waals surface area contributed by atoms with Crippen molar-refractivity contribution in [3.05, 3.63) is 69.7 Å². The fourth-order valence-corrected chi connectivity index (χ4v) is 3.76. The number of hydrogen-bond acceptors (Lipinski definition) is 2. The number of rotatable bonds is 5. The number of nitrogens with zero attached hydrogens (tertiary/aromatic N) is 1. The van der Waals surface area contributed by atoms with Crippen LogP contribution in [0.15, 0.2) is 48.5 Å². The molecule has 2 amide bonds. The second-order valence-electron chi connectivity index (χ2n) is 7.00. The number of hydrogen-bond donors (Lipinski definition) is 1. The molecule has 0 fully saturated rings. The van der Waals surface area contributed by atoms with Crippen molar-refractivity contribution in [2.75, 3.05) is 4.90 Å². The van der Waals surface area contributed by atoms with Crippen LogP contribution in [-0.2, 0) is 16.0 Å². The van der Waals surface area contributed by atoms with E-state index in [1.807, 2.05) is 50.3 Å². The molecule has 1 atom stereocenters. The van der Waals surface area contributed by atoms with E-state index in [0.717, 1.165) is 16.8 Å². The summed E-state index contributed by atoms with van der Waals surface area (Å²) in [5.41, 5.74) is 2.65. The summed E-state index contributed by atoms with van der Waals surface area (Å²) in [6.07, 6.45) is 4.33. The van der Waals surface area contributed by atoms with Crippen molar-refractivity contribution in [2.45, 2.75) is 38.8 Å². The van der Waals surface area contributed by atoms with Gasteiger partial charge in [0.15, 0.2) is 0 Å². The molecule has 28 heavy (non-hydrogen) atoms. The number of carbonyl (C=O) groups excluding carboxylic acids is 2. The predicted octanol–water partition coefficient (Wildman–Crippen LogP) is 4.88. The second-order valence-corrected chi connectivity index (χ2v) is 7.84. The maximum Gasteiger partial charge on any atom is 0.253 e. The molecule has 6 heteroatoms. The summed E-state index contributed by atoms with van der Waals surface area (Å²) in [6, 6.07) is 12.2. The topological polar surface area (TPSA) is 49.4 Å². The highest BCUT2D eigenvalue weighted by molar-refractivity contribution is 6.35. The highest BCUT2D eigenvalue weighted by Gasteiger charge is 2.30. The van der Waals surface area contributed by atoms with Crippen molar-refractivity contribution in [3.8, 4) is 0 Å². The largest absolute Gasteiger partial charge is 0.341 e. The van der Waals surface area contributed by atoms with Crippen molar-refractivity contribution in [2.24, 2.45) is 0 Å². The molecule has 1 aliphatic rings. The molecule has 0 aliphatic carbocycles. The van der Waals surface area contributed by atoms with Crippen LogP contribution in [-0.4, -0.2) is 23.9 Å². The fourth-order valence-electron chi connectivity index (χ4n) is 3.26. The van der Waals surface area contributed by atoms with E-state index in [-0.39, 0.29) is 24.3 Å². The standard InChI is InChI=1S/C22H22Cl2N2O2/c1-14(2)26-20-6-4-3-5-16(20)8-11-19(22(26)28)25-21(27)12-9-15-7-10-17(23)13-18(15)24/h3-8,10-11,13-14,19H,9,12H2,1-2H3,(H,25,27). The summed E-state index contributed by atoms with van der Waals surface area (Å²) in [5, 5.41) is 3.93. The summed E-state index contributed by atoms with van der Waals surface area (Å²) in [5.74, 6) is -0.349. The molecule has 1 heterocycles.